The van der Waals surface area contributed by atoms with Crippen LogP contribution in [0, 0.1) is 5.82 Å². The summed E-state index contributed by atoms with van der Waals surface area (Å²) in [5, 5.41) is 2.68. The number of amides is 1. The molecule has 0 saturated heterocycles. The predicted octanol–water partition coefficient (Wildman–Crippen LogP) is 1.71. The van der Waals surface area contributed by atoms with Crippen LogP contribution >= 0.6 is 12.4 Å². The molecule has 3 nitrogen and oxygen atoms in total. The number of nitrogens with one attached hydrogen (secondary N) is 1. The average molecular weight is 247 g/mol. The Labute approximate surface area is 101 Å². The van der Waals surface area contributed by atoms with Gasteiger partial charge in [-0.2, -0.15) is 0 Å². The maximum atomic E-state index is 12.6. The molecule has 0 aliphatic rings. The number of carbonyl (C=O) groups is 1. The molecule has 16 heavy (non-hydrogen) atoms. The Kier molecular flexibility index (Phi) is 6.69. The summed E-state index contributed by atoms with van der Waals surface area (Å²) in [6.07, 6.45) is 0.809. The summed E-state index contributed by atoms with van der Waals surface area (Å²) in [6, 6.07) is 5.38. The van der Waals surface area contributed by atoms with Crippen molar-refractivity contribution in [2.75, 3.05) is 6.54 Å². The zero-order chi connectivity index (χ0) is 11.3. The Morgan fingerprint density at radius 2 is 2.00 bits per heavy atom. The van der Waals surface area contributed by atoms with Crippen LogP contribution in [0.5, 0.6) is 0 Å². The van der Waals surface area contributed by atoms with Crippen LogP contribution in [0.1, 0.15) is 23.7 Å². The van der Waals surface area contributed by atoms with Crippen LogP contribution in [-0.4, -0.2) is 18.5 Å². The lowest BCUT2D eigenvalue weighted by Gasteiger charge is -2.10. The first kappa shape index (κ1) is 14.9. The van der Waals surface area contributed by atoms with Gasteiger partial charge in [-0.3, -0.25) is 4.79 Å². The van der Waals surface area contributed by atoms with Gasteiger partial charge in [0.2, 0.25) is 0 Å². The van der Waals surface area contributed by atoms with Gasteiger partial charge in [0.05, 0.1) is 0 Å². The van der Waals surface area contributed by atoms with Crippen molar-refractivity contribution < 1.29 is 9.18 Å². The highest BCUT2D eigenvalue weighted by atomic mass is 35.5. The zero-order valence-corrected chi connectivity index (χ0v) is 9.89. The molecule has 3 N–H and O–H groups in total. The third-order valence-electron chi connectivity index (χ3n) is 2.16. The smallest absolute Gasteiger partial charge is 0.251 e. The Bertz CT molecular complexity index is 329. The maximum absolute atomic E-state index is 12.6. The van der Waals surface area contributed by atoms with Gasteiger partial charge in [0.15, 0.2) is 0 Å². The first-order chi connectivity index (χ1) is 7.13. The topological polar surface area (TPSA) is 55.1 Å². The van der Waals surface area contributed by atoms with E-state index in [1.807, 2.05) is 6.92 Å². The molecule has 0 bridgehead atoms. The molecule has 0 spiro atoms. The van der Waals surface area contributed by atoms with Gasteiger partial charge in [-0.1, -0.05) is 6.92 Å². The van der Waals surface area contributed by atoms with E-state index in [1.54, 1.807) is 0 Å². The molecular formula is C11H16ClFN2O. The van der Waals surface area contributed by atoms with Gasteiger partial charge in [0.25, 0.3) is 5.91 Å². The van der Waals surface area contributed by atoms with E-state index in [4.69, 9.17) is 5.73 Å². The van der Waals surface area contributed by atoms with Gasteiger partial charge in [-0.25, -0.2) is 4.39 Å². The summed E-state index contributed by atoms with van der Waals surface area (Å²) < 4.78 is 12.6. The Morgan fingerprint density at radius 1 is 1.44 bits per heavy atom. The van der Waals surface area contributed by atoms with E-state index >= 15 is 0 Å². The highest BCUT2D eigenvalue weighted by Crippen LogP contribution is 2.02. The SMILES string of the molecule is CCC(N)CNC(=O)c1ccc(F)cc1.Cl. The van der Waals surface area contributed by atoms with E-state index in [1.165, 1.54) is 24.3 Å². The fraction of sp³-hybridized carbons (Fsp3) is 0.364. The molecule has 0 aliphatic carbocycles. The van der Waals surface area contributed by atoms with E-state index in [9.17, 15) is 9.18 Å². The monoisotopic (exact) mass is 246 g/mol. The Morgan fingerprint density at radius 3 is 2.50 bits per heavy atom. The summed E-state index contributed by atoms with van der Waals surface area (Å²) in [4.78, 5) is 11.5. The lowest BCUT2D eigenvalue weighted by molar-refractivity contribution is 0.0951. The van der Waals surface area contributed by atoms with Crippen molar-refractivity contribution in [3.05, 3.63) is 35.6 Å². The van der Waals surface area contributed by atoms with Crippen molar-refractivity contribution in [2.24, 2.45) is 5.73 Å². The number of rotatable bonds is 4. The van der Waals surface area contributed by atoms with Crippen LogP contribution < -0.4 is 11.1 Å². The van der Waals surface area contributed by atoms with Gasteiger partial charge in [-0.05, 0) is 30.7 Å². The first-order valence-corrected chi connectivity index (χ1v) is 4.92. The van der Waals surface area contributed by atoms with E-state index in [-0.39, 0.29) is 30.2 Å². The van der Waals surface area contributed by atoms with E-state index < -0.39 is 0 Å². The number of nitrogens with two attached hydrogens (primary N) is 1. The second-order valence-electron chi connectivity index (χ2n) is 3.39. The standard InChI is InChI=1S/C11H15FN2O.ClH/c1-2-10(13)7-14-11(15)8-3-5-9(12)6-4-8;/h3-6,10H,2,7,13H2,1H3,(H,14,15);1H. The van der Waals surface area contributed by atoms with E-state index in [0.717, 1.165) is 6.42 Å². The molecule has 5 heteroatoms. The molecule has 0 heterocycles. The van der Waals surface area contributed by atoms with E-state index in [0.29, 0.717) is 12.1 Å². The normalized spacial score (nSPS) is 11.4. The molecule has 0 radical (unpaired) electrons. The summed E-state index contributed by atoms with van der Waals surface area (Å²) >= 11 is 0. The number of hydrogen-bond donors (Lipinski definition) is 2. The van der Waals surface area contributed by atoms with Crippen LogP contribution in [0.25, 0.3) is 0 Å². The molecular weight excluding hydrogens is 231 g/mol. The van der Waals surface area contributed by atoms with Gasteiger partial charge in [0.1, 0.15) is 5.82 Å². The van der Waals surface area contributed by atoms with Crippen LogP contribution in [-0.2, 0) is 0 Å². The molecule has 0 aliphatic heterocycles. The third-order valence-corrected chi connectivity index (χ3v) is 2.16. The number of carbonyl (C=O) groups excluding carboxylic acids is 1. The quantitative estimate of drug-likeness (QED) is 0.850. The van der Waals surface area contributed by atoms with Gasteiger partial charge >= 0.3 is 0 Å². The van der Waals surface area contributed by atoms with Crippen molar-refractivity contribution in [2.45, 2.75) is 19.4 Å². The number of benzene rings is 1. The minimum Gasteiger partial charge on any atom is -0.350 e. The lowest BCUT2D eigenvalue weighted by atomic mass is 10.2. The van der Waals surface area contributed by atoms with Gasteiger partial charge in [0, 0.05) is 18.2 Å². The van der Waals surface area contributed by atoms with Crippen molar-refractivity contribution in [1.82, 2.24) is 5.32 Å². The van der Waals surface area contributed by atoms with Crippen molar-refractivity contribution in [1.29, 1.82) is 0 Å². The lowest BCUT2D eigenvalue weighted by Crippen LogP contribution is -2.36. The zero-order valence-electron chi connectivity index (χ0n) is 9.07. The Hall–Kier alpha value is -1.13. The average Bonchev–Trinajstić information content (AvgIpc) is 2.26. The second-order valence-corrected chi connectivity index (χ2v) is 3.39. The molecule has 1 aromatic rings. The fourth-order valence-electron chi connectivity index (χ4n) is 1.07. The molecule has 1 rings (SSSR count). The largest absolute Gasteiger partial charge is 0.350 e. The maximum Gasteiger partial charge on any atom is 0.251 e. The summed E-state index contributed by atoms with van der Waals surface area (Å²) in [6.45, 7) is 2.39. The Balaban J connectivity index is 0.00000225. The number of hydrogen-bond acceptors (Lipinski definition) is 2. The molecule has 0 fully saturated rings. The van der Waals surface area contributed by atoms with Crippen LogP contribution in [0.3, 0.4) is 0 Å². The summed E-state index contributed by atoms with van der Waals surface area (Å²) in [5.41, 5.74) is 6.09. The summed E-state index contributed by atoms with van der Waals surface area (Å²) in [7, 11) is 0. The van der Waals surface area contributed by atoms with Gasteiger partial charge < -0.3 is 11.1 Å². The minimum absolute atomic E-state index is 0. The van der Waals surface area contributed by atoms with Crippen molar-refractivity contribution in [3.63, 3.8) is 0 Å². The molecule has 0 saturated carbocycles. The molecule has 0 aromatic heterocycles. The molecule has 1 aromatic carbocycles. The molecule has 1 amide bonds. The van der Waals surface area contributed by atoms with Crippen LogP contribution in [0.4, 0.5) is 4.39 Å². The van der Waals surface area contributed by atoms with Gasteiger partial charge in [-0.15, -0.1) is 12.4 Å². The van der Waals surface area contributed by atoms with Crippen LogP contribution in [0.2, 0.25) is 0 Å². The second kappa shape index (κ2) is 7.19. The minimum atomic E-state index is -0.350. The first-order valence-electron chi connectivity index (χ1n) is 4.92. The molecule has 90 valence electrons. The number of halogens is 2. The third kappa shape index (κ3) is 4.59. The highest BCUT2D eigenvalue weighted by Gasteiger charge is 2.06. The van der Waals surface area contributed by atoms with E-state index in [2.05, 4.69) is 5.32 Å². The van der Waals surface area contributed by atoms with Crippen molar-refractivity contribution in [3.8, 4) is 0 Å². The van der Waals surface area contributed by atoms with Crippen LogP contribution in [0.15, 0.2) is 24.3 Å². The summed E-state index contributed by atoms with van der Waals surface area (Å²) in [5.74, 6) is -0.573. The van der Waals surface area contributed by atoms with Crippen molar-refractivity contribution >= 4 is 18.3 Å². The predicted molar refractivity (Wildman–Crippen MR) is 64.2 cm³/mol. The fourth-order valence-corrected chi connectivity index (χ4v) is 1.07. The highest BCUT2D eigenvalue weighted by molar-refractivity contribution is 5.94. The molecule has 1 atom stereocenters. The molecule has 1 unspecified atom stereocenters.